The van der Waals surface area contributed by atoms with Gasteiger partial charge >= 0.3 is 0 Å². The molecule has 0 radical (unpaired) electrons. The summed E-state index contributed by atoms with van der Waals surface area (Å²) >= 11 is 0. The topological polar surface area (TPSA) is 99.9 Å². The first-order chi connectivity index (χ1) is 13.5. The van der Waals surface area contributed by atoms with Crippen molar-refractivity contribution in [3.05, 3.63) is 18.0 Å². The van der Waals surface area contributed by atoms with Gasteiger partial charge in [-0.25, -0.2) is 0 Å². The highest BCUT2D eigenvalue weighted by molar-refractivity contribution is 5.92. The summed E-state index contributed by atoms with van der Waals surface area (Å²) < 4.78 is 6.69. The van der Waals surface area contributed by atoms with Crippen LogP contribution in [0.2, 0.25) is 0 Å². The number of aliphatic hydroxyl groups excluding tert-OH is 1. The Morgan fingerprint density at radius 1 is 1.36 bits per heavy atom. The monoisotopic (exact) mass is 393 g/mol. The predicted octanol–water partition coefficient (Wildman–Crippen LogP) is -0.295. The lowest BCUT2D eigenvalue weighted by Crippen LogP contribution is -2.52. The SMILES string of the molecule is CCn1nccc1C(=O)N1CCC(N2C[C@H](O)C[C@H]2C(=O)NCCOC)CC1. The van der Waals surface area contributed by atoms with Crippen molar-refractivity contribution in [2.24, 2.45) is 0 Å². The average molecular weight is 393 g/mol. The fraction of sp³-hybridized carbons (Fsp3) is 0.737. The fourth-order valence-electron chi connectivity index (χ4n) is 4.22. The van der Waals surface area contributed by atoms with E-state index in [9.17, 15) is 14.7 Å². The minimum atomic E-state index is -0.489. The Kier molecular flexibility index (Phi) is 7.03. The first-order valence-electron chi connectivity index (χ1n) is 10.1. The minimum absolute atomic E-state index is 0.00751. The summed E-state index contributed by atoms with van der Waals surface area (Å²) in [5, 5.41) is 17.2. The number of hydrogen-bond donors (Lipinski definition) is 2. The van der Waals surface area contributed by atoms with Crippen molar-refractivity contribution >= 4 is 11.8 Å². The van der Waals surface area contributed by atoms with E-state index < -0.39 is 6.10 Å². The molecule has 1 aromatic rings. The van der Waals surface area contributed by atoms with E-state index in [-0.39, 0.29) is 23.9 Å². The normalized spacial score (nSPS) is 23.9. The van der Waals surface area contributed by atoms with Crippen molar-refractivity contribution in [3.63, 3.8) is 0 Å². The van der Waals surface area contributed by atoms with Crippen LogP contribution in [0.5, 0.6) is 0 Å². The second-order valence-electron chi connectivity index (χ2n) is 7.44. The summed E-state index contributed by atoms with van der Waals surface area (Å²) in [7, 11) is 1.60. The van der Waals surface area contributed by atoms with Crippen LogP contribution in [-0.4, -0.2) is 94.6 Å². The third kappa shape index (κ3) is 4.53. The molecule has 0 bridgehead atoms. The van der Waals surface area contributed by atoms with E-state index >= 15 is 0 Å². The largest absolute Gasteiger partial charge is 0.392 e. The highest BCUT2D eigenvalue weighted by Crippen LogP contribution is 2.27. The Balaban J connectivity index is 1.57. The van der Waals surface area contributed by atoms with Crippen molar-refractivity contribution in [1.29, 1.82) is 0 Å². The zero-order valence-electron chi connectivity index (χ0n) is 16.7. The maximum absolute atomic E-state index is 12.8. The van der Waals surface area contributed by atoms with E-state index in [2.05, 4.69) is 15.3 Å². The smallest absolute Gasteiger partial charge is 0.272 e. The molecule has 2 fully saturated rings. The predicted molar refractivity (Wildman–Crippen MR) is 103 cm³/mol. The van der Waals surface area contributed by atoms with Crippen molar-refractivity contribution < 1.29 is 19.4 Å². The van der Waals surface area contributed by atoms with E-state index in [0.717, 1.165) is 12.8 Å². The first-order valence-corrected chi connectivity index (χ1v) is 10.1. The van der Waals surface area contributed by atoms with Gasteiger partial charge in [-0.2, -0.15) is 5.10 Å². The molecule has 2 aliphatic rings. The molecule has 2 amide bonds. The number of aromatic nitrogens is 2. The van der Waals surface area contributed by atoms with Crippen LogP contribution in [0.15, 0.2) is 12.3 Å². The molecule has 1 aromatic heterocycles. The van der Waals surface area contributed by atoms with Gasteiger partial charge in [0.15, 0.2) is 0 Å². The van der Waals surface area contributed by atoms with Gasteiger partial charge in [-0.15, -0.1) is 0 Å². The number of β-amino-alcohol motifs (C(OH)–C–C–N with tert-alkyl or cyclic N) is 1. The molecule has 2 atom stereocenters. The number of carbonyl (C=O) groups is 2. The number of aryl methyl sites for hydroxylation is 1. The molecule has 2 aliphatic heterocycles. The highest BCUT2D eigenvalue weighted by atomic mass is 16.5. The highest BCUT2D eigenvalue weighted by Gasteiger charge is 2.41. The summed E-state index contributed by atoms with van der Waals surface area (Å²) in [6.45, 7) is 5.35. The van der Waals surface area contributed by atoms with Crippen LogP contribution in [0.25, 0.3) is 0 Å². The molecule has 0 unspecified atom stereocenters. The average Bonchev–Trinajstić information content (AvgIpc) is 3.34. The number of likely N-dealkylation sites (tertiary alicyclic amines) is 2. The van der Waals surface area contributed by atoms with E-state index in [1.165, 1.54) is 0 Å². The lowest BCUT2D eigenvalue weighted by molar-refractivity contribution is -0.126. The molecular formula is C19H31N5O4. The summed E-state index contributed by atoms with van der Waals surface area (Å²) in [6, 6.07) is 1.63. The molecule has 0 aliphatic carbocycles. The lowest BCUT2D eigenvalue weighted by atomic mass is 10.0. The Hall–Kier alpha value is -1.97. The standard InChI is InChI=1S/C19H31N5O4/c1-3-24-16(4-7-21-24)19(27)22-9-5-14(6-10-22)23-13-15(25)12-17(23)18(26)20-8-11-28-2/h4,7,14-15,17,25H,3,5-6,8-13H2,1-2H3,(H,20,26)/t15-,17+/m1/s1. The van der Waals surface area contributed by atoms with Crippen molar-refractivity contribution in [3.8, 4) is 0 Å². The maximum atomic E-state index is 12.8. The van der Waals surface area contributed by atoms with Gasteiger partial charge in [0.05, 0.1) is 18.8 Å². The number of hydrogen-bond acceptors (Lipinski definition) is 6. The Morgan fingerprint density at radius 3 is 2.79 bits per heavy atom. The van der Waals surface area contributed by atoms with Gasteiger partial charge in [0.2, 0.25) is 5.91 Å². The van der Waals surface area contributed by atoms with Crippen LogP contribution in [0.3, 0.4) is 0 Å². The zero-order chi connectivity index (χ0) is 20.1. The number of amides is 2. The van der Waals surface area contributed by atoms with Crippen molar-refractivity contribution in [1.82, 2.24) is 24.9 Å². The van der Waals surface area contributed by atoms with Crippen LogP contribution in [-0.2, 0) is 16.1 Å². The Bertz CT molecular complexity index is 671. The molecule has 0 saturated carbocycles. The minimum Gasteiger partial charge on any atom is -0.392 e. The van der Waals surface area contributed by atoms with E-state index in [4.69, 9.17) is 4.74 Å². The van der Waals surface area contributed by atoms with Crippen LogP contribution in [0, 0.1) is 0 Å². The molecular weight excluding hydrogens is 362 g/mol. The molecule has 2 saturated heterocycles. The number of nitrogens with zero attached hydrogens (tertiary/aromatic N) is 4. The third-order valence-electron chi connectivity index (χ3n) is 5.68. The fourth-order valence-corrected chi connectivity index (χ4v) is 4.22. The number of piperidine rings is 1. The zero-order valence-corrected chi connectivity index (χ0v) is 16.7. The van der Waals surface area contributed by atoms with Crippen LogP contribution in [0.4, 0.5) is 0 Å². The number of nitrogens with one attached hydrogen (secondary N) is 1. The van der Waals surface area contributed by atoms with Gasteiger partial charge in [0, 0.05) is 52.1 Å². The van der Waals surface area contributed by atoms with Gasteiger partial charge in [0.1, 0.15) is 5.69 Å². The number of aliphatic hydroxyl groups is 1. The molecule has 0 spiro atoms. The van der Waals surface area contributed by atoms with Gasteiger partial charge in [0.25, 0.3) is 5.91 Å². The van der Waals surface area contributed by atoms with E-state index in [1.807, 2.05) is 11.8 Å². The molecule has 2 N–H and O–H groups in total. The molecule has 9 nitrogen and oxygen atoms in total. The number of methoxy groups -OCH3 is 1. The molecule has 9 heteroatoms. The number of rotatable bonds is 7. The molecule has 3 heterocycles. The molecule has 0 aromatic carbocycles. The quantitative estimate of drug-likeness (QED) is 0.618. The van der Waals surface area contributed by atoms with Gasteiger partial charge in [-0.3, -0.25) is 19.2 Å². The summed E-state index contributed by atoms with van der Waals surface area (Å²) in [5.74, 6) is -0.0490. The Labute approximate surface area is 165 Å². The molecule has 156 valence electrons. The van der Waals surface area contributed by atoms with E-state index in [0.29, 0.717) is 51.4 Å². The first kappa shape index (κ1) is 20.8. The van der Waals surface area contributed by atoms with E-state index in [1.54, 1.807) is 24.1 Å². The summed E-state index contributed by atoms with van der Waals surface area (Å²) in [6.07, 6.45) is 3.20. The second kappa shape index (κ2) is 9.49. The summed E-state index contributed by atoms with van der Waals surface area (Å²) in [5.41, 5.74) is 0.618. The second-order valence-corrected chi connectivity index (χ2v) is 7.44. The Morgan fingerprint density at radius 2 is 2.11 bits per heavy atom. The lowest BCUT2D eigenvalue weighted by Gasteiger charge is -2.38. The van der Waals surface area contributed by atoms with Crippen molar-refractivity contribution in [2.75, 3.05) is 39.9 Å². The van der Waals surface area contributed by atoms with Crippen LogP contribution in [0.1, 0.15) is 36.7 Å². The number of ether oxygens (including phenoxy) is 1. The maximum Gasteiger partial charge on any atom is 0.272 e. The summed E-state index contributed by atoms with van der Waals surface area (Å²) in [4.78, 5) is 29.3. The van der Waals surface area contributed by atoms with Crippen molar-refractivity contribution in [2.45, 2.75) is 50.9 Å². The van der Waals surface area contributed by atoms with Crippen LogP contribution >= 0.6 is 0 Å². The van der Waals surface area contributed by atoms with Gasteiger partial charge < -0.3 is 20.1 Å². The number of carbonyl (C=O) groups excluding carboxylic acids is 2. The van der Waals surface area contributed by atoms with Gasteiger partial charge in [-0.05, 0) is 32.3 Å². The van der Waals surface area contributed by atoms with Crippen LogP contribution < -0.4 is 5.32 Å². The van der Waals surface area contributed by atoms with Gasteiger partial charge in [-0.1, -0.05) is 0 Å². The molecule has 28 heavy (non-hydrogen) atoms. The molecule has 3 rings (SSSR count). The third-order valence-corrected chi connectivity index (χ3v) is 5.68.